The SMILES string of the molecule is O=C(CSc1nnc(-c2ccc([N+](=O)[O-])cc2)n1C[C@@H]1CCCO1)NCc1ccco1. The van der Waals surface area contributed by atoms with Crippen LogP contribution in [0.25, 0.3) is 11.4 Å². The summed E-state index contributed by atoms with van der Waals surface area (Å²) in [4.78, 5) is 22.7. The minimum absolute atomic E-state index is 0.0109. The fourth-order valence-corrected chi connectivity index (χ4v) is 4.06. The first-order valence-corrected chi connectivity index (χ1v) is 10.8. The predicted octanol–water partition coefficient (Wildman–Crippen LogP) is 3.03. The number of aromatic nitrogens is 3. The topological polar surface area (TPSA) is 125 Å². The van der Waals surface area contributed by atoms with Gasteiger partial charge in [0, 0.05) is 24.3 Å². The van der Waals surface area contributed by atoms with Crippen LogP contribution in [0.5, 0.6) is 0 Å². The molecule has 1 fully saturated rings. The van der Waals surface area contributed by atoms with Crippen LogP contribution in [-0.4, -0.2) is 44.1 Å². The number of nitro benzene ring substituents is 1. The number of furan rings is 1. The molecule has 2 aromatic heterocycles. The zero-order valence-electron chi connectivity index (χ0n) is 16.6. The maximum Gasteiger partial charge on any atom is 0.269 e. The molecule has 1 aliphatic heterocycles. The van der Waals surface area contributed by atoms with Crippen molar-refractivity contribution in [3.05, 3.63) is 58.5 Å². The van der Waals surface area contributed by atoms with Crippen molar-refractivity contribution >= 4 is 23.4 Å². The third kappa shape index (κ3) is 5.30. The minimum Gasteiger partial charge on any atom is -0.467 e. The van der Waals surface area contributed by atoms with Crippen LogP contribution < -0.4 is 5.32 Å². The third-order valence-corrected chi connectivity index (χ3v) is 5.80. The number of thioether (sulfide) groups is 1. The second-order valence-electron chi connectivity index (χ2n) is 7.00. The predicted molar refractivity (Wildman–Crippen MR) is 112 cm³/mol. The fourth-order valence-electron chi connectivity index (χ4n) is 3.28. The summed E-state index contributed by atoms with van der Waals surface area (Å²) in [7, 11) is 0. The summed E-state index contributed by atoms with van der Waals surface area (Å²) in [6, 6.07) is 9.74. The molecule has 1 N–H and O–H groups in total. The molecular formula is C20H21N5O5S. The molecule has 162 valence electrons. The van der Waals surface area contributed by atoms with Gasteiger partial charge in [0.2, 0.25) is 5.91 Å². The van der Waals surface area contributed by atoms with E-state index in [-0.39, 0.29) is 23.5 Å². The molecule has 0 unspecified atom stereocenters. The third-order valence-electron chi connectivity index (χ3n) is 4.84. The number of hydrogen-bond acceptors (Lipinski definition) is 8. The van der Waals surface area contributed by atoms with Gasteiger partial charge in [0.25, 0.3) is 5.69 Å². The molecule has 4 rings (SSSR count). The maximum absolute atomic E-state index is 12.2. The highest BCUT2D eigenvalue weighted by atomic mass is 32.2. The number of carbonyl (C=O) groups is 1. The molecule has 11 heteroatoms. The van der Waals surface area contributed by atoms with Crippen molar-refractivity contribution in [1.82, 2.24) is 20.1 Å². The van der Waals surface area contributed by atoms with E-state index in [9.17, 15) is 14.9 Å². The molecule has 3 aromatic rings. The number of nitrogens with one attached hydrogen (secondary N) is 1. The molecule has 0 spiro atoms. The lowest BCUT2D eigenvalue weighted by molar-refractivity contribution is -0.384. The van der Waals surface area contributed by atoms with Gasteiger partial charge in [-0.15, -0.1) is 10.2 Å². The van der Waals surface area contributed by atoms with Crippen LogP contribution in [0.15, 0.2) is 52.2 Å². The lowest BCUT2D eigenvalue weighted by Gasteiger charge is -2.14. The number of rotatable bonds is 9. The second-order valence-corrected chi connectivity index (χ2v) is 7.94. The van der Waals surface area contributed by atoms with Gasteiger partial charge in [0.05, 0.1) is 36.1 Å². The zero-order chi connectivity index (χ0) is 21.6. The van der Waals surface area contributed by atoms with Gasteiger partial charge in [0.1, 0.15) is 5.76 Å². The van der Waals surface area contributed by atoms with Crippen molar-refractivity contribution in [2.45, 2.75) is 37.2 Å². The average molecular weight is 443 g/mol. The molecule has 31 heavy (non-hydrogen) atoms. The molecule has 0 bridgehead atoms. The highest BCUT2D eigenvalue weighted by Gasteiger charge is 2.22. The van der Waals surface area contributed by atoms with E-state index >= 15 is 0 Å². The van der Waals surface area contributed by atoms with Crippen LogP contribution in [0.4, 0.5) is 5.69 Å². The second kappa shape index (κ2) is 9.75. The van der Waals surface area contributed by atoms with Gasteiger partial charge in [0.15, 0.2) is 11.0 Å². The molecule has 0 radical (unpaired) electrons. The summed E-state index contributed by atoms with van der Waals surface area (Å²) in [6.45, 7) is 1.59. The molecule has 1 aliphatic rings. The van der Waals surface area contributed by atoms with Crippen LogP contribution >= 0.6 is 11.8 Å². The van der Waals surface area contributed by atoms with Gasteiger partial charge in [-0.1, -0.05) is 11.8 Å². The summed E-state index contributed by atoms with van der Waals surface area (Å²) in [5.74, 6) is 1.29. The number of nitrogens with zero attached hydrogens (tertiary/aromatic N) is 4. The van der Waals surface area contributed by atoms with Gasteiger partial charge in [-0.3, -0.25) is 19.5 Å². The first-order chi connectivity index (χ1) is 15.1. The monoisotopic (exact) mass is 443 g/mol. The van der Waals surface area contributed by atoms with E-state index in [2.05, 4.69) is 15.5 Å². The van der Waals surface area contributed by atoms with Crippen molar-refractivity contribution in [2.24, 2.45) is 0 Å². The van der Waals surface area contributed by atoms with E-state index in [4.69, 9.17) is 9.15 Å². The molecule has 1 aromatic carbocycles. The van der Waals surface area contributed by atoms with Crippen LogP contribution in [0.2, 0.25) is 0 Å². The van der Waals surface area contributed by atoms with Gasteiger partial charge >= 0.3 is 0 Å². The first-order valence-electron chi connectivity index (χ1n) is 9.81. The average Bonchev–Trinajstić information content (AvgIpc) is 3.54. The number of benzene rings is 1. The summed E-state index contributed by atoms with van der Waals surface area (Å²) < 4.78 is 12.9. The lowest BCUT2D eigenvalue weighted by atomic mass is 10.2. The van der Waals surface area contributed by atoms with E-state index < -0.39 is 4.92 Å². The summed E-state index contributed by atoms with van der Waals surface area (Å²) in [5, 5.41) is 22.9. The van der Waals surface area contributed by atoms with E-state index in [1.54, 1.807) is 30.5 Å². The van der Waals surface area contributed by atoms with E-state index in [0.29, 0.717) is 35.4 Å². The molecule has 1 amide bonds. The van der Waals surface area contributed by atoms with E-state index in [1.807, 2.05) is 4.57 Å². The standard InChI is InChI=1S/C20H21N5O5S/c26-18(21-11-16-3-1-9-29-16)13-31-20-23-22-19(24(20)12-17-4-2-10-30-17)14-5-7-15(8-6-14)25(27)28/h1,3,5-9,17H,2,4,10-13H2,(H,21,26)/t17-/m0/s1. The number of carbonyl (C=O) groups excluding carboxylic acids is 1. The summed E-state index contributed by atoms with van der Waals surface area (Å²) >= 11 is 1.28. The van der Waals surface area contributed by atoms with E-state index in [0.717, 1.165) is 19.4 Å². The first kappa shape index (κ1) is 21.1. The number of ether oxygens (including phenoxy) is 1. The molecule has 3 heterocycles. The van der Waals surface area contributed by atoms with Crippen molar-refractivity contribution < 1.29 is 18.9 Å². The fraction of sp³-hybridized carbons (Fsp3) is 0.350. The van der Waals surface area contributed by atoms with Crippen LogP contribution in [0.1, 0.15) is 18.6 Å². The molecule has 1 atom stereocenters. The summed E-state index contributed by atoms with van der Waals surface area (Å²) in [5.41, 5.74) is 0.724. The van der Waals surface area contributed by atoms with Gasteiger partial charge in [-0.25, -0.2) is 0 Å². The van der Waals surface area contributed by atoms with Crippen molar-refractivity contribution in [1.29, 1.82) is 0 Å². The highest BCUT2D eigenvalue weighted by Crippen LogP contribution is 2.27. The smallest absolute Gasteiger partial charge is 0.269 e. The number of amides is 1. The molecule has 0 aliphatic carbocycles. The normalized spacial score (nSPS) is 15.8. The lowest BCUT2D eigenvalue weighted by Crippen LogP contribution is -2.24. The van der Waals surface area contributed by atoms with Gasteiger partial charge in [-0.05, 0) is 37.1 Å². The quantitative estimate of drug-likeness (QED) is 0.304. The van der Waals surface area contributed by atoms with Crippen LogP contribution in [0, 0.1) is 10.1 Å². The van der Waals surface area contributed by atoms with Gasteiger partial charge < -0.3 is 14.5 Å². The molecule has 1 saturated heterocycles. The van der Waals surface area contributed by atoms with Crippen LogP contribution in [0.3, 0.4) is 0 Å². The Balaban J connectivity index is 1.48. The zero-order valence-corrected chi connectivity index (χ0v) is 17.4. The maximum atomic E-state index is 12.2. The van der Waals surface area contributed by atoms with Crippen molar-refractivity contribution in [3.8, 4) is 11.4 Å². The highest BCUT2D eigenvalue weighted by molar-refractivity contribution is 7.99. The largest absolute Gasteiger partial charge is 0.467 e. The number of hydrogen-bond donors (Lipinski definition) is 1. The Labute approximate surface area is 182 Å². The molecule has 0 saturated carbocycles. The Kier molecular flexibility index (Phi) is 6.63. The Morgan fingerprint density at radius 3 is 2.81 bits per heavy atom. The summed E-state index contributed by atoms with van der Waals surface area (Å²) in [6.07, 6.45) is 3.53. The molecule has 10 nitrogen and oxygen atoms in total. The van der Waals surface area contributed by atoms with Crippen LogP contribution in [-0.2, 0) is 22.6 Å². The van der Waals surface area contributed by atoms with E-state index in [1.165, 1.54) is 23.9 Å². The number of non-ortho nitro benzene ring substituents is 1. The Morgan fingerprint density at radius 2 is 2.13 bits per heavy atom. The Morgan fingerprint density at radius 1 is 1.29 bits per heavy atom. The van der Waals surface area contributed by atoms with Gasteiger partial charge in [-0.2, -0.15) is 0 Å². The minimum atomic E-state index is -0.441. The Bertz CT molecular complexity index is 1030. The van der Waals surface area contributed by atoms with Crippen molar-refractivity contribution in [3.63, 3.8) is 0 Å². The van der Waals surface area contributed by atoms with Crippen molar-refractivity contribution in [2.75, 3.05) is 12.4 Å². The molecular weight excluding hydrogens is 422 g/mol. The number of nitro groups is 1. The Hall–Kier alpha value is -3.18.